The molecule has 1 aromatic rings. The molecular formula is C17H30N4O. The molecule has 1 fully saturated rings. The van der Waals surface area contributed by atoms with Crippen LogP contribution in [0, 0.1) is 13.8 Å². The Morgan fingerprint density at radius 2 is 2.14 bits per heavy atom. The maximum absolute atomic E-state index is 12.5. The monoisotopic (exact) mass is 306 g/mol. The Morgan fingerprint density at radius 1 is 1.45 bits per heavy atom. The van der Waals surface area contributed by atoms with Crippen molar-refractivity contribution in [2.75, 3.05) is 13.6 Å². The van der Waals surface area contributed by atoms with Gasteiger partial charge in [-0.25, -0.2) is 0 Å². The smallest absolute Gasteiger partial charge is 0.237 e. The Bertz CT molecular complexity index is 491. The van der Waals surface area contributed by atoms with Crippen LogP contribution in [0.2, 0.25) is 0 Å². The second-order valence-corrected chi connectivity index (χ2v) is 6.54. The summed E-state index contributed by atoms with van der Waals surface area (Å²) in [4.78, 5) is 14.6. The third kappa shape index (κ3) is 4.32. The van der Waals surface area contributed by atoms with Crippen molar-refractivity contribution in [1.82, 2.24) is 20.0 Å². The molecule has 22 heavy (non-hydrogen) atoms. The topological polar surface area (TPSA) is 50.2 Å². The van der Waals surface area contributed by atoms with Gasteiger partial charge in [0.2, 0.25) is 5.91 Å². The van der Waals surface area contributed by atoms with Crippen molar-refractivity contribution < 1.29 is 4.79 Å². The molecule has 0 radical (unpaired) electrons. The molecule has 1 N–H and O–H groups in total. The lowest BCUT2D eigenvalue weighted by Crippen LogP contribution is -2.48. The van der Waals surface area contributed by atoms with E-state index in [1.165, 1.54) is 18.5 Å². The standard InChI is InChI=1S/C17H30N4O/c1-5-16(17(22)18-15-8-6-7-9-15)20(4)10-11-21-14(3)12-13(2)19-21/h12,15-16H,5-11H2,1-4H3,(H,18,22)/t16-/m0/s1. The van der Waals surface area contributed by atoms with Crippen molar-refractivity contribution in [2.45, 2.75) is 71.5 Å². The van der Waals surface area contributed by atoms with Crippen LogP contribution in [-0.2, 0) is 11.3 Å². The Kier molecular flexibility index (Phi) is 6.00. The minimum Gasteiger partial charge on any atom is -0.352 e. The van der Waals surface area contributed by atoms with Crippen LogP contribution < -0.4 is 5.32 Å². The predicted molar refractivity (Wildman–Crippen MR) is 88.8 cm³/mol. The minimum atomic E-state index is -0.0439. The number of aryl methyl sites for hydroxylation is 2. The number of nitrogens with zero attached hydrogens (tertiary/aromatic N) is 3. The fraction of sp³-hybridized carbons (Fsp3) is 0.765. The van der Waals surface area contributed by atoms with Gasteiger partial charge in [0.15, 0.2) is 0 Å². The Labute approximate surface area is 134 Å². The van der Waals surface area contributed by atoms with E-state index < -0.39 is 0 Å². The van der Waals surface area contributed by atoms with Gasteiger partial charge >= 0.3 is 0 Å². The van der Waals surface area contributed by atoms with Gasteiger partial charge in [0, 0.05) is 18.3 Å². The maximum Gasteiger partial charge on any atom is 0.237 e. The summed E-state index contributed by atoms with van der Waals surface area (Å²) in [5.74, 6) is 0.185. The van der Waals surface area contributed by atoms with Crippen LogP contribution in [0.25, 0.3) is 0 Å². The summed E-state index contributed by atoms with van der Waals surface area (Å²) >= 11 is 0. The molecule has 5 heteroatoms. The molecule has 1 aliphatic carbocycles. The second-order valence-electron chi connectivity index (χ2n) is 6.54. The lowest BCUT2D eigenvalue weighted by Gasteiger charge is -2.27. The largest absolute Gasteiger partial charge is 0.352 e. The van der Waals surface area contributed by atoms with E-state index in [1.807, 2.05) is 18.7 Å². The Morgan fingerprint density at radius 3 is 2.68 bits per heavy atom. The molecule has 0 spiro atoms. The maximum atomic E-state index is 12.5. The third-order valence-electron chi connectivity index (χ3n) is 4.69. The minimum absolute atomic E-state index is 0.0439. The van der Waals surface area contributed by atoms with E-state index in [4.69, 9.17) is 0 Å². The van der Waals surface area contributed by atoms with Crippen LogP contribution in [0.1, 0.15) is 50.4 Å². The molecule has 2 rings (SSSR count). The van der Waals surface area contributed by atoms with E-state index >= 15 is 0 Å². The highest BCUT2D eigenvalue weighted by Gasteiger charge is 2.25. The predicted octanol–water partition coefficient (Wildman–Crippen LogP) is 2.27. The number of amides is 1. The summed E-state index contributed by atoms with van der Waals surface area (Å²) in [5, 5.41) is 7.71. The van der Waals surface area contributed by atoms with E-state index in [0.29, 0.717) is 6.04 Å². The molecule has 0 unspecified atom stereocenters. The fourth-order valence-electron chi connectivity index (χ4n) is 3.37. The van der Waals surface area contributed by atoms with Crippen LogP contribution in [0.4, 0.5) is 0 Å². The second kappa shape index (κ2) is 7.77. The first-order valence-electron chi connectivity index (χ1n) is 8.53. The van der Waals surface area contributed by atoms with Crippen molar-refractivity contribution in [3.8, 4) is 0 Å². The van der Waals surface area contributed by atoms with Gasteiger partial charge < -0.3 is 5.32 Å². The van der Waals surface area contributed by atoms with E-state index in [9.17, 15) is 4.79 Å². The van der Waals surface area contributed by atoms with E-state index in [2.05, 4.69) is 35.2 Å². The molecule has 1 amide bonds. The van der Waals surface area contributed by atoms with Crippen LogP contribution in [0.15, 0.2) is 6.07 Å². The molecule has 0 aromatic carbocycles. The average molecular weight is 306 g/mol. The molecule has 0 bridgehead atoms. The lowest BCUT2D eigenvalue weighted by atomic mass is 10.1. The summed E-state index contributed by atoms with van der Waals surface area (Å²) in [6.07, 6.45) is 5.60. The van der Waals surface area contributed by atoms with Crippen LogP contribution in [0.3, 0.4) is 0 Å². The number of hydrogen-bond donors (Lipinski definition) is 1. The summed E-state index contributed by atoms with van der Waals surface area (Å²) in [6, 6.07) is 2.44. The van der Waals surface area contributed by atoms with E-state index in [1.54, 1.807) is 0 Å². The molecule has 1 heterocycles. The van der Waals surface area contributed by atoms with Gasteiger partial charge in [-0.15, -0.1) is 0 Å². The van der Waals surface area contributed by atoms with Crippen molar-refractivity contribution >= 4 is 5.91 Å². The zero-order valence-electron chi connectivity index (χ0n) is 14.4. The number of nitrogens with one attached hydrogen (secondary N) is 1. The number of carbonyl (C=O) groups excluding carboxylic acids is 1. The normalized spacial score (nSPS) is 17.1. The zero-order valence-corrected chi connectivity index (χ0v) is 14.4. The Balaban J connectivity index is 1.86. The molecule has 1 saturated carbocycles. The number of carbonyl (C=O) groups is 1. The number of rotatable bonds is 7. The summed E-state index contributed by atoms with van der Waals surface area (Å²) in [5.41, 5.74) is 2.22. The van der Waals surface area contributed by atoms with E-state index in [0.717, 1.165) is 38.0 Å². The number of likely N-dealkylation sites (N-methyl/N-ethyl adjacent to an activating group) is 1. The van der Waals surface area contributed by atoms with Gasteiger partial charge in [0.05, 0.1) is 18.3 Å². The molecular weight excluding hydrogens is 276 g/mol. The molecule has 0 saturated heterocycles. The molecule has 5 nitrogen and oxygen atoms in total. The van der Waals surface area contributed by atoms with Crippen LogP contribution in [-0.4, -0.2) is 46.3 Å². The first-order chi connectivity index (χ1) is 10.5. The summed E-state index contributed by atoms with van der Waals surface area (Å²) in [6.45, 7) is 7.82. The molecule has 124 valence electrons. The highest BCUT2D eigenvalue weighted by molar-refractivity contribution is 5.81. The number of hydrogen-bond acceptors (Lipinski definition) is 3. The van der Waals surface area contributed by atoms with Crippen molar-refractivity contribution in [3.63, 3.8) is 0 Å². The van der Waals surface area contributed by atoms with Crippen LogP contribution >= 0.6 is 0 Å². The van der Waals surface area contributed by atoms with Gasteiger partial charge in [-0.3, -0.25) is 14.4 Å². The number of aromatic nitrogens is 2. The Hall–Kier alpha value is -1.36. The van der Waals surface area contributed by atoms with Crippen molar-refractivity contribution in [3.05, 3.63) is 17.5 Å². The highest BCUT2D eigenvalue weighted by atomic mass is 16.2. The highest BCUT2D eigenvalue weighted by Crippen LogP contribution is 2.18. The average Bonchev–Trinajstić information content (AvgIpc) is 3.07. The lowest BCUT2D eigenvalue weighted by molar-refractivity contribution is -0.126. The van der Waals surface area contributed by atoms with E-state index in [-0.39, 0.29) is 11.9 Å². The zero-order chi connectivity index (χ0) is 16.1. The fourth-order valence-corrected chi connectivity index (χ4v) is 3.37. The SMILES string of the molecule is CC[C@@H](C(=O)NC1CCCC1)N(C)CCn1nc(C)cc1C. The first-order valence-corrected chi connectivity index (χ1v) is 8.53. The summed E-state index contributed by atoms with van der Waals surface area (Å²) < 4.78 is 2.02. The van der Waals surface area contributed by atoms with Gasteiger partial charge in [0.25, 0.3) is 0 Å². The summed E-state index contributed by atoms with van der Waals surface area (Å²) in [7, 11) is 2.04. The van der Waals surface area contributed by atoms with Gasteiger partial charge in [-0.05, 0) is 46.2 Å². The van der Waals surface area contributed by atoms with Crippen LogP contribution in [0.5, 0.6) is 0 Å². The molecule has 1 aromatic heterocycles. The van der Waals surface area contributed by atoms with Crippen molar-refractivity contribution in [1.29, 1.82) is 0 Å². The van der Waals surface area contributed by atoms with Gasteiger partial charge in [0.1, 0.15) is 0 Å². The molecule has 1 atom stereocenters. The van der Waals surface area contributed by atoms with Gasteiger partial charge in [-0.2, -0.15) is 5.10 Å². The third-order valence-corrected chi connectivity index (χ3v) is 4.69. The molecule has 1 aliphatic rings. The quantitative estimate of drug-likeness (QED) is 0.841. The van der Waals surface area contributed by atoms with Gasteiger partial charge in [-0.1, -0.05) is 19.8 Å². The molecule has 0 aliphatic heterocycles. The van der Waals surface area contributed by atoms with Crippen molar-refractivity contribution in [2.24, 2.45) is 0 Å². The first kappa shape index (κ1) is 17.0.